The van der Waals surface area contributed by atoms with Crippen LogP contribution in [0.2, 0.25) is 0 Å². The Hall–Kier alpha value is -4.52. The number of nitrogens with zero attached hydrogens (tertiary/aromatic N) is 5. The van der Waals surface area contributed by atoms with Gasteiger partial charge in [-0.15, -0.1) is 18.3 Å². The first-order chi connectivity index (χ1) is 22.5. The summed E-state index contributed by atoms with van der Waals surface area (Å²) >= 11 is 1.58. The fraction of sp³-hybridized carbons (Fsp3) is 0.353. The Balaban J connectivity index is 1.11. The molecule has 0 saturated carbocycles. The number of methoxy groups -OCH3 is 1. The molecule has 9 nitrogen and oxygen atoms in total. The smallest absolute Gasteiger partial charge is 0.497 e. The monoisotopic (exact) mass is 666 g/mol. The Morgan fingerprint density at radius 2 is 1.77 bits per heavy atom. The average molecular weight is 667 g/mol. The van der Waals surface area contributed by atoms with Crippen molar-refractivity contribution in [1.82, 2.24) is 20.1 Å². The number of rotatable bonds is 11. The van der Waals surface area contributed by atoms with Crippen molar-refractivity contribution < 1.29 is 27.4 Å². The maximum Gasteiger partial charge on any atom is 0.573 e. The summed E-state index contributed by atoms with van der Waals surface area (Å²) in [6.45, 7) is 7.73. The lowest BCUT2D eigenvalue weighted by atomic mass is 9.97. The van der Waals surface area contributed by atoms with Crippen LogP contribution < -0.4 is 19.7 Å². The fourth-order valence-corrected chi connectivity index (χ4v) is 6.21. The molecule has 47 heavy (non-hydrogen) atoms. The van der Waals surface area contributed by atoms with E-state index < -0.39 is 6.36 Å². The van der Waals surface area contributed by atoms with Crippen LogP contribution in [-0.2, 0) is 6.42 Å². The Morgan fingerprint density at radius 3 is 2.45 bits per heavy atom. The zero-order chi connectivity index (χ0) is 33.6. The minimum Gasteiger partial charge on any atom is -0.497 e. The number of aliphatic imine (C=N–C) groups is 1. The Morgan fingerprint density at radius 1 is 1.04 bits per heavy atom. The fourth-order valence-electron chi connectivity index (χ4n) is 5.26. The first-order valence-corrected chi connectivity index (χ1v) is 16.3. The van der Waals surface area contributed by atoms with Gasteiger partial charge in [-0.1, -0.05) is 62.9 Å². The predicted molar refractivity (Wildman–Crippen MR) is 179 cm³/mol. The van der Waals surface area contributed by atoms with Gasteiger partial charge >= 0.3 is 12.4 Å². The number of hydrogen-bond donors (Lipinski definition) is 1. The van der Waals surface area contributed by atoms with Crippen molar-refractivity contribution >= 4 is 28.6 Å². The van der Waals surface area contributed by atoms with Gasteiger partial charge in [0, 0.05) is 36.2 Å². The average Bonchev–Trinajstić information content (AvgIpc) is 3.71. The van der Waals surface area contributed by atoms with Crippen LogP contribution >= 0.6 is 11.8 Å². The van der Waals surface area contributed by atoms with Gasteiger partial charge in [0.25, 0.3) is 0 Å². The van der Waals surface area contributed by atoms with E-state index in [1.54, 1.807) is 18.9 Å². The van der Waals surface area contributed by atoms with Gasteiger partial charge in [-0.3, -0.25) is 0 Å². The van der Waals surface area contributed by atoms with Crippen molar-refractivity contribution in [2.75, 3.05) is 30.9 Å². The highest BCUT2D eigenvalue weighted by atomic mass is 32.2. The zero-order valence-corrected chi connectivity index (χ0v) is 27.4. The van der Waals surface area contributed by atoms with Gasteiger partial charge in [0.2, 0.25) is 0 Å². The lowest BCUT2D eigenvalue weighted by molar-refractivity contribution is -0.274. The van der Waals surface area contributed by atoms with E-state index in [0.717, 1.165) is 47.7 Å². The van der Waals surface area contributed by atoms with Crippen molar-refractivity contribution in [3.05, 3.63) is 84.2 Å². The number of benzene rings is 3. The third-order valence-corrected chi connectivity index (χ3v) is 8.62. The molecule has 0 spiro atoms. The van der Waals surface area contributed by atoms with E-state index in [4.69, 9.17) is 4.74 Å². The second kappa shape index (κ2) is 14.9. The number of urea groups is 1. The summed E-state index contributed by atoms with van der Waals surface area (Å²) in [5, 5.41) is 8.11. The molecule has 5 rings (SSSR count). The molecule has 2 amide bonds. The van der Waals surface area contributed by atoms with Crippen molar-refractivity contribution in [2.45, 2.75) is 45.9 Å². The molecule has 1 atom stereocenters. The summed E-state index contributed by atoms with van der Waals surface area (Å²) in [5.74, 6) is 2.45. The van der Waals surface area contributed by atoms with Gasteiger partial charge in [-0.2, -0.15) is 4.99 Å². The molecule has 1 unspecified atom stereocenters. The van der Waals surface area contributed by atoms with Gasteiger partial charge in [-0.25, -0.2) is 14.5 Å². The van der Waals surface area contributed by atoms with Gasteiger partial charge in [-0.05, 0) is 66.1 Å². The van der Waals surface area contributed by atoms with Gasteiger partial charge in [0.05, 0.1) is 12.8 Å². The van der Waals surface area contributed by atoms with Crippen LogP contribution in [0, 0.1) is 5.92 Å². The second-order valence-electron chi connectivity index (χ2n) is 11.6. The van der Waals surface area contributed by atoms with Crippen LogP contribution in [0.25, 0.3) is 17.1 Å². The normalized spacial score (nSPS) is 14.9. The van der Waals surface area contributed by atoms with E-state index in [1.165, 1.54) is 40.8 Å². The third-order valence-electron chi connectivity index (χ3n) is 7.66. The third kappa shape index (κ3) is 9.06. The van der Waals surface area contributed by atoms with E-state index in [9.17, 15) is 18.0 Å². The molecule has 4 aromatic rings. The molecule has 1 aromatic heterocycles. The number of nitrogens with one attached hydrogen (secondary N) is 1. The standard InChI is InChI=1S/C34H37F3N6O3S/c1-22(2)29-14-13-28(45-4)20-30(29)42-17-18-47-33(42)40-32(44)38-16-15-23(3)19-24-5-7-25(8-6-24)31-39-21-43(41-31)26-9-11-27(12-10-26)46-34(35,36)37/h5-14,20-23H,15-19H2,1-4H3,(H,38,44)/b40-33-. The SMILES string of the molecule is COc1ccc(C(C)C)c(N2CCS/C2=N\C(=O)NCCC(C)Cc2ccc(-c3ncn(-c4ccc(OC(F)(F)F)cc4)n3)cc2)c1. The van der Waals surface area contributed by atoms with Crippen molar-refractivity contribution in [2.24, 2.45) is 10.9 Å². The van der Waals surface area contributed by atoms with Crippen LogP contribution in [0.1, 0.15) is 44.2 Å². The first-order valence-electron chi connectivity index (χ1n) is 15.3. The summed E-state index contributed by atoms with van der Waals surface area (Å²) in [5.41, 5.74) is 4.72. The lowest BCUT2D eigenvalue weighted by Crippen LogP contribution is -2.29. The van der Waals surface area contributed by atoms with E-state index in [-0.39, 0.29) is 11.8 Å². The number of hydrogen-bond acceptors (Lipinski definition) is 6. The molecule has 1 saturated heterocycles. The quantitative estimate of drug-likeness (QED) is 0.174. The van der Waals surface area contributed by atoms with Crippen molar-refractivity contribution in [1.29, 1.82) is 0 Å². The maximum absolute atomic E-state index is 12.8. The van der Waals surface area contributed by atoms with Crippen LogP contribution in [-0.4, -0.2) is 58.3 Å². The molecule has 1 N–H and O–H groups in total. The summed E-state index contributed by atoms with van der Waals surface area (Å²) < 4.78 is 48.1. The number of alkyl halides is 3. The highest BCUT2D eigenvalue weighted by Gasteiger charge is 2.31. The van der Waals surface area contributed by atoms with E-state index in [1.807, 2.05) is 36.4 Å². The molecular weight excluding hydrogens is 629 g/mol. The molecule has 1 aliphatic rings. The summed E-state index contributed by atoms with van der Waals surface area (Å²) in [6, 6.07) is 19.0. The predicted octanol–water partition coefficient (Wildman–Crippen LogP) is 7.85. The topological polar surface area (TPSA) is 93.9 Å². The highest BCUT2D eigenvalue weighted by molar-refractivity contribution is 8.14. The molecule has 3 aromatic carbocycles. The molecular formula is C34H37F3N6O3S. The number of thioether (sulfide) groups is 1. The summed E-state index contributed by atoms with van der Waals surface area (Å²) in [4.78, 5) is 23.6. The Kier molecular flexibility index (Phi) is 10.7. The number of halogens is 3. The molecule has 1 aliphatic heterocycles. The van der Waals surface area contributed by atoms with Crippen LogP contribution in [0.4, 0.5) is 23.7 Å². The number of carbonyl (C=O) groups excluding carboxylic acids is 1. The maximum atomic E-state index is 12.8. The molecule has 13 heteroatoms. The van der Waals surface area contributed by atoms with Gasteiger partial charge in [0.15, 0.2) is 11.0 Å². The second-order valence-corrected chi connectivity index (χ2v) is 12.6. The Labute approximate surface area is 276 Å². The highest BCUT2D eigenvalue weighted by Crippen LogP contribution is 2.35. The number of amides is 2. The number of amidine groups is 1. The number of ether oxygens (including phenoxy) is 2. The molecule has 1 fully saturated rings. The van der Waals surface area contributed by atoms with Gasteiger partial charge < -0.3 is 19.7 Å². The largest absolute Gasteiger partial charge is 0.573 e. The van der Waals surface area contributed by atoms with E-state index >= 15 is 0 Å². The minimum atomic E-state index is -4.74. The molecule has 0 aliphatic carbocycles. The molecule has 0 bridgehead atoms. The molecule has 248 valence electrons. The van der Waals surface area contributed by atoms with Crippen molar-refractivity contribution in [3.8, 4) is 28.6 Å². The molecule has 2 heterocycles. The van der Waals surface area contributed by atoms with Crippen LogP contribution in [0.15, 0.2) is 78.0 Å². The molecule has 0 radical (unpaired) electrons. The van der Waals surface area contributed by atoms with Crippen LogP contribution in [0.3, 0.4) is 0 Å². The van der Waals surface area contributed by atoms with E-state index in [2.05, 4.69) is 56.9 Å². The van der Waals surface area contributed by atoms with Gasteiger partial charge in [0.1, 0.15) is 17.8 Å². The zero-order valence-electron chi connectivity index (χ0n) is 26.6. The van der Waals surface area contributed by atoms with Crippen LogP contribution in [0.5, 0.6) is 11.5 Å². The lowest BCUT2D eigenvalue weighted by Gasteiger charge is -2.23. The number of carbonyl (C=O) groups is 1. The summed E-state index contributed by atoms with van der Waals surface area (Å²) in [6.07, 6.45) is -1.61. The van der Waals surface area contributed by atoms with E-state index in [0.29, 0.717) is 35.1 Å². The first kappa shape index (κ1) is 33.8. The van der Waals surface area contributed by atoms with Crippen molar-refractivity contribution in [3.63, 3.8) is 0 Å². The number of anilines is 1. The summed E-state index contributed by atoms with van der Waals surface area (Å²) in [7, 11) is 1.65. The number of aromatic nitrogens is 3. The Bertz CT molecular complexity index is 1690. The minimum absolute atomic E-state index is 0.303.